The number of hydrogen-bond donors (Lipinski definition) is 1. The maximum Gasteiger partial charge on any atom is 0.237 e. The third-order valence-corrected chi connectivity index (χ3v) is 13.5. The minimum absolute atomic E-state index is 0.00418. The fourth-order valence-electron chi connectivity index (χ4n) is 9.23. The molecule has 256 valence electrons. The van der Waals surface area contributed by atoms with Crippen molar-refractivity contribution in [1.82, 2.24) is 29.0 Å². The molecule has 1 aliphatic carbocycles. The van der Waals surface area contributed by atoms with Gasteiger partial charge in [-0.2, -0.15) is 10.4 Å². The number of hydrogen-bond acceptors (Lipinski definition) is 7. The summed E-state index contributed by atoms with van der Waals surface area (Å²) in [6, 6.07) is 16.5. The first-order valence-electron chi connectivity index (χ1n) is 18.8. The highest BCUT2D eigenvalue weighted by Gasteiger charge is 2.68. The largest absolute Gasteiger partial charge is 0.339 e. The normalized spacial score (nSPS) is 21.6. The Labute approximate surface area is 295 Å². The number of sulfonamides is 1. The fourth-order valence-corrected chi connectivity index (χ4v) is 10.5. The minimum atomic E-state index is -3.31. The second kappa shape index (κ2) is 11.0. The lowest BCUT2D eigenvalue weighted by molar-refractivity contribution is -0.139. The van der Waals surface area contributed by atoms with Crippen LogP contribution >= 0.6 is 0 Å². The van der Waals surface area contributed by atoms with Crippen molar-refractivity contribution in [2.75, 3.05) is 43.9 Å². The highest BCUT2D eigenvalue weighted by atomic mass is 32.2. The molecule has 1 saturated carbocycles. The summed E-state index contributed by atoms with van der Waals surface area (Å²) in [5, 5.41) is 15.0. The average Bonchev–Trinajstić information content (AvgIpc) is 3.78. The third-order valence-electron chi connectivity index (χ3n) is 11.8. The molecule has 50 heavy (non-hydrogen) atoms. The smallest absolute Gasteiger partial charge is 0.237 e. The van der Waals surface area contributed by atoms with E-state index in [0.29, 0.717) is 42.5 Å². The second-order valence-electron chi connectivity index (χ2n) is 14.8. The van der Waals surface area contributed by atoms with Crippen LogP contribution in [0.15, 0.2) is 54.9 Å². The molecule has 6 heterocycles. The molecule has 0 bridgehead atoms. The van der Waals surface area contributed by atoms with Crippen LogP contribution in [0.2, 0.25) is 0 Å². The molecule has 1 N–H and O–H groups in total. The zero-order chi connectivity index (χ0) is 37.1. The molecule has 4 aliphatic rings. The van der Waals surface area contributed by atoms with Crippen molar-refractivity contribution in [3.8, 4) is 28.5 Å². The predicted octanol–water partition coefficient (Wildman–Crippen LogP) is 5.18. The zero-order valence-electron chi connectivity index (χ0n) is 31.1. The lowest BCUT2D eigenvalue weighted by atomic mass is 9.48. The van der Waals surface area contributed by atoms with Crippen molar-refractivity contribution < 1.29 is 17.3 Å². The van der Waals surface area contributed by atoms with Crippen LogP contribution in [0.3, 0.4) is 0 Å². The van der Waals surface area contributed by atoms with Crippen molar-refractivity contribution >= 4 is 43.6 Å². The van der Waals surface area contributed by atoms with Crippen molar-refractivity contribution in [1.29, 1.82) is 5.26 Å². The van der Waals surface area contributed by atoms with Gasteiger partial charge < -0.3 is 9.88 Å². The van der Waals surface area contributed by atoms with Crippen LogP contribution in [0, 0.1) is 22.7 Å². The van der Waals surface area contributed by atoms with Gasteiger partial charge in [-0.25, -0.2) is 17.7 Å². The Morgan fingerprint density at radius 3 is 2.52 bits per heavy atom. The van der Waals surface area contributed by atoms with Gasteiger partial charge in [-0.1, -0.05) is 30.3 Å². The van der Waals surface area contributed by atoms with Gasteiger partial charge in [0.05, 0.1) is 46.5 Å². The Bertz CT molecular complexity index is 2460. The van der Waals surface area contributed by atoms with E-state index in [9.17, 15) is 18.5 Å². The first kappa shape index (κ1) is 28.2. The van der Waals surface area contributed by atoms with Crippen LogP contribution < -0.4 is 4.90 Å². The number of amides is 1. The summed E-state index contributed by atoms with van der Waals surface area (Å²) < 4.78 is 51.8. The van der Waals surface area contributed by atoms with Crippen molar-refractivity contribution in [3.05, 3.63) is 66.0 Å². The van der Waals surface area contributed by atoms with E-state index in [4.69, 9.17) is 9.10 Å². The standard InChI is InChI=1S/C38H40N8O3S/c1-4-50(48,49)46-22-37(23-46)20-38(21-37)33-30(43(2)36(38)47)18-40-35-32(33)31(27-9-10-29-28(15-27)17-41-44(29)3)34(42-35)26-7-5-25(6-8-26)19-45-13-11-24(16-39)12-14-45/h5-10,15,17-18,24H,4,11-14,19-23H2,1-3H3,(H,40,42)/i3D3. The Hall–Kier alpha value is -4.57. The summed E-state index contributed by atoms with van der Waals surface area (Å²) in [6.07, 6.45) is 6.20. The van der Waals surface area contributed by atoms with Crippen molar-refractivity contribution in [3.63, 3.8) is 0 Å². The number of aryl methyl sites for hydroxylation is 1. The Balaban J connectivity index is 1.16. The van der Waals surface area contributed by atoms with E-state index in [0.717, 1.165) is 76.2 Å². The third kappa shape index (κ3) is 4.53. The van der Waals surface area contributed by atoms with Gasteiger partial charge in [0, 0.05) is 71.0 Å². The zero-order valence-corrected chi connectivity index (χ0v) is 28.9. The molecule has 9 rings (SSSR count). The number of rotatable bonds is 6. The van der Waals surface area contributed by atoms with Crippen LogP contribution in [0.5, 0.6) is 0 Å². The van der Waals surface area contributed by atoms with E-state index in [1.807, 2.05) is 12.1 Å². The summed E-state index contributed by atoms with van der Waals surface area (Å²) in [5.41, 5.74) is 6.36. The van der Waals surface area contributed by atoms with Gasteiger partial charge >= 0.3 is 0 Å². The van der Waals surface area contributed by atoms with Gasteiger partial charge in [0.2, 0.25) is 15.9 Å². The van der Waals surface area contributed by atoms with E-state index in [1.165, 1.54) is 5.56 Å². The monoisotopic (exact) mass is 691 g/mol. The van der Waals surface area contributed by atoms with Crippen LogP contribution in [0.25, 0.3) is 44.3 Å². The molecule has 2 saturated heterocycles. The number of nitrogens with one attached hydrogen (secondary N) is 1. The quantitative estimate of drug-likeness (QED) is 0.260. The maximum atomic E-state index is 14.3. The SMILES string of the molecule is [2H]C([2H])([2H])n1ncc2cc(-c3c(-c4ccc(CN5CCC(C#N)CC5)cc4)[nH]c4ncc5c(c34)C3(CC4(CN(S(=O)(=O)CC)C4)C3)C(=O)N5C)ccc21. The molecular weight excluding hydrogens is 649 g/mol. The van der Waals surface area contributed by atoms with Gasteiger partial charge in [0.25, 0.3) is 0 Å². The van der Waals surface area contributed by atoms with Crippen molar-refractivity contribution in [2.45, 2.75) is 44.6 Å². The van der Waals surface area contributed by atoms with Crippen LogP contribution in [0.4, 0.5) is 5.69 Å². The average molecular weight is 692 g/mol. The molecule has 5 aromatic rings. The van der Waals surface area contributed by atoms with Gasteiger partial charge in [-0.3, -0.25) is 14.4 Å². The molecule has 3 fully saturated rings. The van der Waals surface area contributed by atoms with Gasteiger partial charge in [0.15, 0.2) is 0 Å². The van der Waals surface area contributed by atoms with Gasteiger partial charge in [-0.05, 0) is 74.5 Å². The number of pyridine rings is 1. The van der Waals surface area contributed by atoms with E-state index < -0.39 is 22.4 Å². The maximum absolute atomic E-state index is 14.3. The number of carbonyl (C=O) groups is 1. The summed E-state index contributed by atoms with van der Waals surface area (Å²) in [7, 11) is -1.52. The highest BCUT2D eigenvalue weighted by Crippen LogP contribution is 2.66. The molecule has 0 unspecified atom stereocenters. The van der Waals surface area contributed by atoms with Crippen LogP contribution in [-0.2, 0) is 33.8 Å². The molecule has 1 amide bonds. The predicted molar refractivity (Wildman–Crippen MR) is 193 cm³/mol. The number of aromatic amines is 1. The second-order valence-corrected chi connectivity index (χ2v) is 17.0. The van der Waals surface area contributed by atoms with E-state index in [-0.39, 0.29) is 23.0 Å². The number of carbonyl (C=O) groups excluding carboxylic acids is 1. The number of nitrogens with zero attached hydrogens (tertiary/aromatic N) is 7. The Morgan fingerprint density at radius 1 is 1.08 bits per heavy atom. The van der Waals surface area contributed by atoms with Crippen LogP contribution in [0.1, 0.15) is 47.8 Å². The topological polar surface area (TPSA) is 131 Å². The lowest BCUT2D eigenvalue weighted by Crippen LogP contribution is -2.69. The molecule has 3 aliphatic heterocycles. The molecule has 0 radical (unpaired) electrons. The first-order valence-corrected chi connectivity index (χ1v) is 18.9. The summed E-state index contributed by atoms with van der Waals surface area (Å²) in [6.45, 7) is 2.65. The van der Waals surface area contributed by atoms with E-state index in [2.05, 4.69) is 45.3 Å². The Kier molecular flexibility index (Phi) is 6.18. The lowest BCUT2D eigenvalue weighted by Gasteiger charge is -2.62. The van der Waals surface area contributed by atoms with E-state index >= 15 is 0 Å². The number of likely N-dealkylation sites (tertiary alicyclic amines) is 1. The number of piperidine rings is 1. The highest BCUT2D eigenvalue weighted by molar-refractivity contribution is 7.89. The first-order chi connectivity index (χ1) is 25.3. The van der Waals surface area contributed by atoms with Gasteiger partial charge in [0.1, 0.15) is 5.65 Å². The number of nitriles is 1. The number of anilines is 1. The van der Waals surface area contributed by atoms with Crippen LogP contribution in [-0.4, -0.2) is 82.3 Å². The number of benzene rings is 2. The van der Waals surface area contributed by atoms with Gasteiger partial charge in [-0.15, -0.1) is 0 Å². The summed E-state index contributed by atoms with van der Waals surface area (Å²) in [4.78, 5) is 26.8. The summed E-state index contributed by atoms with van der Waals surface area (Å²) >= 11 is 0. The molecule has 0 atom stereocenters. The Morgan fingerprint density at radius 2 is 1.82 bits per heavy atom. The molecule has 2 spiro atoms. The molecule has 2 aromatic carbocycles. The van der Waals surface area contributed by atoms with Crippen molar-refractivity contribution in [2.24, 2.45) is 18.3 Å². The summed E-state index contributed by atoms with van der Waals surface area (Å²) in [5.74, 6) is 0.180. The number of likely N-dealkylation sites (N-methyl/N-ethyl adjacent to an activating group) is 1. The van der Waals surface area contributed by atoms with E-state index in [1.54, 1.807) is 41.6 Å². The molecular formula is C38H40N8O3S. The fraction of sp³-hybridized carbons (Fsp3) is 0.421. The molecule has 11 nitrogen and oxygen atoms in total. The number of H-pyrrole nitrogens is 1. The molecule has 12 heteroatoms. The minimum Gasteiger partial charge on any atom is -0.339 e. The number of aromatic nitrogens is 4. The number of fused-ring (bicyclic) bond motifs is 5. The molecule has 3 aromatic heterocycles.